The van der Waals surface area contributed by atoms with Gasteiger partial charge in [0.1, 0.15) is 5.82 Å². The van der Waals surface area contributed by atoms with E-state index in [0.717, 1.165) is 33.5 Å². The summed E-state index contributed by atoms with van der Waals surface area (Å²) in [6, 6.07) is 31.8. The largest absolute Gasteiger partial charge is 0.232 e. The Labute approximate surface area is 170 Å². The van der Waals surface area contributed by atoms with Gasteiger partial charge in [0.05, 0.1) is 11.2 Å². The standard InChI is InChI=1S/C27H22N2/c1-18(2)27-28-25(20-13-7-4-8-14-20)24-22-16-10-9-15-21(22)17-23(26(24)29-27)19-11-5-3-6-12-19/h3-18H,1-2H3. The number of hydrogen-bond donors (Lipinski definition) is 0. The topological polar surface area (TPSA) is 25.8 Å². The van der Waals surface area contributed by atoms with Crippen LogP contribution in [0.25, 0.3) is 44.1 Å². The van der Waals surface area contributed by atoms with Gasteiger partial charge in [-0.1, -0.05) is 98.8 Å². The molecule has 0 unspecified atom stereocenters. The molecular formula is C27H22N2. The molecule has 0 saturated carbocycles. The summed E-state index contributed by atoms with van der Waals surface area (Å²) in [6.45, 7) is 4.30. The molecule has 1 aromatic heterocycles. The van der Waals surface area contributed by atoms with Gasteiger partial charge in [0.2, 0.25) is 0 Å². The lowest BCUT2D eigenvalue weighted by molar-refractivity contribution is 0.785. The number of fused-ring (bicyclic) bond motifs is 3. The summed E-state index contributed by atoms with van der Waals surface area (Å²) in [5, 5.41) is 3.52. The van der Waals surface area contributed by atoms with Gasteiger partial charge in [-0.25, -0.2) is 9.97 Å². The Morgan fingerprint density at radius 3 is 1.97 bits per heavy atom. The fourth-order valence-corrected chi connectivity index (χ4v) is 3.90. The average molecular weight is 374 g/mol. The van der Waals surface area contributed by atoms with Gasteiger partial charge in [-0.15, -0.1) is 0 Å². The van der Waals surface area contributed by atoms with E-state index in [9.17, 15) is 0 Å². The van der Waals surface area contributed by atoms with Crippen LogP contribution < -0.4 is 0 Å². The first-order valence-corrected chi connectivity index (χ1v) is 10.1. The molecule has 0 N–H and O–H groups in total. The highest BCUT2D eigenvalue weighted by Gasteiger charge is 2.18. The average Bonchev–Trinajstić information content (AvgIpc) is 2.79. The minimum absolute atomic E-state index is 0.247. The third-order valence-electron chi connectivity index (χ3n) is 5.36. The maximum absolute atomic E-state index is 5.08. The second-order valence-corrected chi connectivity index (χ2v) is 7.69. The van der Waals surface area contributed by atoms with Crippen molar-refractivity contribution in [2.75, 3.05) is 0 Å². The van der Waals surface area contributed by atoms with Crippen LogP contribution in [0.1, 0.15) is 25.6 Å². The number of aromatic nitrogens is 2. The van der Waals surface area contributed by atoms with Crippen LogP contribution in [0.15, 0.2) is 91.0 Å². The Kier molecular flexibility index (Phi) is 4.33. The lowest BCUT2D eigenvalue weighted by atomic mass is 9.93. The van der Waals surface area contributed by atoms with Gasteiger partial charge in [0.25, 0.3) is 0 Å². The molecule has 2 heteroatoms. The summed E-state index contributed by atoms with van der Waals surface area (Å²) in [5.41, 5.74) is 5.48. The van der Waals surface area contributed by atoms with Crippen molar-refractivity contribution in [1.29, 1.82) is 0 Å². The van der Waals surface area contributed by atoms with Crippen molar-refractivity contribution in [1.82, 2.24) is 9.97 Å². The van der Waals surface area contributed by atoms with Crippen molar-refractivity contribution in [2.24, 2.45) is 0 Å². The zero-order chi connectivity index (χ0) is 19.8. The molecule has 1 heterocycles. The zero-order valence-electron chi connectivity index (χ0n) is 16.6. The molecule has 0 bridgehead atoms. The van der Waals surface area contributed by atoms with Crippen molar-refractivity contribution >= 4 is 21.7 Å². The maximum atomic E-state index is 5.08. The van der Waals surface area contributed by atoms with Crippen LogP contribution in [0, 0.1) is 0 Å². The lowest BCUT2D eigenvalue weighted by Crippen LogP contribution is -2.02. The second kappa shape index (κ2) is 7.14. The monoisotopic (exact) mass is 374 g/mol. The van der Waals surface area contributed by atoms with Crippen LogP contribution >= 0.6 is 0 Å². The minimum Gasteiger partial charge on any atom is -0.232 e. The zero-order valence-corrected chi connectivity index (χ0v) is 16.6. The van der Waals surface area contributed by atoms with Crippen LogP contribution in [0.5, 0.6) is 0 Å². The highest BCUT2D eigenvalue weighted by Crippen LogP contribution is 2.39. The number of hydrogen-bond acceptors (Lipinski definition) is 2. The van der Waals surface area contributed by atoms with Gasteiger partial charge >= 0.3 is 0 Å². The van der Waals surface area contributed by atoms with Crippen molar-refractivity contribution in [3.8, 4) is 22.4 Å². The van der Waals surface area contributed by atoms with Crippen LogP contribution in [0.2, 0.25) is 0 Å². The predicted octanol–water partition coefficient (Wildman–Crippen LogP) is 7.24. The molecule has 0 aliphatic heterocycles. The van der Waals surface area contributed by atoms with Gasteiger partial charge in [-0.05, 0) is 22.4 Å². The molecule has 5 aromatic rings. The van der Waals surface area contributed by atoms with Crippen molar-refractivity contribution < 1.29 is 0 Å². The third-order valence-corrected chi connectivity index (χ3v) is 5.36. The molecule has 5 rings (SSSR count). The first-order valence-electron chi connectivity index (χ1n) is 10.1. The van der Waals surface area contributed by atoms with Crippen LogP contribution in [0.4, 0.5) is 0 Å². The summed E-state index contributed by atoms with van der Waals surface area (Å²) in [4.78, 5) is 10.1. The molecule has 0 aliphatic carbocycles. The van der Waals surface area contributed by atoms with E-state index >= 15 is 0 Å². The fourth-order valence-electron chi connectivity index (χ4n) is 3.90. The fraction of sp³-hybridized carbons (Fsp3) is 0.111. The third kappa shape index (κ3) is 3.07. The van der Waals surface area contributed by atoms with Crippen molar-refractivity contribution in [3.63, 3.8) is 0 Å². The molecular weight excluding hydrogens is 352 g/mol. The SMILES string of the molecule is CC(C)c1nc(-c2ccccc2)c2c(n1)c(-c1ccccc1)cc1ccccc12. The van der Waals surface area contributed by atoms with E-state index in [-0.39, 0.29) is 5.92 Å². The van der Waals surface area contributed by atoms with Crippen LogP contribution in [0.3, 0.4) is 0 Å². The Morgan fingerprint density at radius 1 is 0.655 bits per heavy atom. The van der Waals surface area contributed by atoms with Gasteiger partial charge in [-0.2, -0.15) is 0 Å². The normalized spacial score (nSPS) is 11.4. The Hall–Kier alpha value is -3.52. The maximum Gasteiger partial charge on any atom is 0.132 e. The van der Waals surface area contributed by atoms with E-state index in [1.165, 1.54) is 16.3 Å². The first-order chi connectivity index (χ1) is 14.2. The van der Waals surface area contributed by atoms with Crippen LogP contribution in [-0.4, -0.2) is 9.97 Å². The Morgan fingerprint density at radius 2 is 1.28 bits per heavy atom. The van der Waals surface area contributed by atoms with E-state index in [1.807, 2.05) is 6.07 Å². The quantitative estimate of drug-likeness (QED) is 0.311. The summed E-state index contributed by atoms with van der Waals surface area (Å²) in [7, 11) is 0. The predicted molar refractivity (Wildman–Crippen MR) is 122 cm³/mol. The summed E-state index contributed by atoms with van der Waals surface area (Å²) < 4.78 is 0. The molecule has 140 valence electrons. The molecule has 4 aromatic carbocycles. The van der Waals surface area contributed by atoms with Crippen molar-refractivity contribution in [3.05, 3.63) is 96.8 Å². The second-order valence-electron chi connectivity index (χ2n) is 7.69. The molecule has 0 amide bonds. The summed E-state index contributed by atoms with van der Waals surface area (Å²) in [5.74, 6) is 1.13. The molecule has 0 atom stereocenters. The molecule has 2 nitrogen and oxygen atoms in total. The highest BCUT2D eigenvalue weighted by molar-refractivity contribution is 6.17. The van der Waals surface area contributed by atoms with Gasteiger partial charge in [-0.3, -0.25) is 0 Å². The van der Waals surface area contributed by atoms with E-state index < -0.39 is 0 Å². The first kappa shape index (κ1) is 17.6. The molecule has 0 radical (unpaired) electrons. The smallest absolute Gasteiger partial charge is 0.132 e. The van der Waals surface area contributed by atoms with E-state index in [1.54, 1.807) is 0 Å². The van der Waals surface area contributed by atoms with Crippen molar-refractivity contribution in [2.45, 2.75) is 19.8 Å². The van der Waals surface area contributed by atoms with Gasteiger partial charge in [0.15, 0.2) is 0 Å². The number of rotatable bonds is 3. The number of benzene rings is 4. The summed E-state index contributed by atoms with van der Waals surface area (Å²) in [6.07, 6.45) is 0. The highest BCUT2D eigenvalue weighted by atomic mass is 14.9. The Bertz CT molecular complexity index is 1310. The number of nitrogens with zero attached hydrogens (tertiary/aromatic N) is 2. The van der Waals surface area contributed by atoms with Gasteiger partial charge < -0.3 is 0 Å². The van der Waals surface area contributed by atoms with E-state index in [0.29, 0.717) is 0 Å². The van der Waals surface area contributed by atoms with Crippen LogP contribution in [-0.2, 0) is 0 Å². The molecule has 0 spiro atoms. The van der Waals surface area contributed by atoms with Gasteiger partial charge in [0, 0.05) is 22.4 Å². The summed E-state index contributed by atoms with van der Waals surface area (Å²) >= 11 is 0. The minimum atomic E-state index is 0.247. The lowest BCUT2D eigenvalue weighted by Gasteiger charge is -2.16. The van der Waals surface area contributed by atoms with E-state index in [2.05, 4.69) is 98.8 Å². The molecule has 0 saturated heterocycles. The molecule has 0 fully saturated rings. The molecule has 29 heavy (non-hydrogen) atoms. The van der Waals surface area contributed by atoms with E-state index in [4.69, 9.17) is 9.97 Å². The molecule has 0 aliphatic rings. The Balaban J connectivity index is 2.00.